The van der Waals surface area contributed by atoms with Gasteiger partial charge in [0, 0.05) is 19.4 Å². The number of anilines is 2. The Balaban J connectivity index is 1.60. The van der Waals surface area contributed by atoms with Crippen LogP contribution >= 0.6 is 0 Å². The molecule has 37 heavy (non-hydrogen) atoms. The van der Waals surface area contributed by atoms with E-state index in [9.17, 15) is 27.6 Å². The van der Waals surface area contributed by atoms with Crippen LogP contribution in [0, 0.1) is 11.8 Å². The molecule has 3 atom stereocenters. The molecule has 1 aliphatic carbocycles. The van der Waals surface area contributed by atoms with E-state index in [2.05, 4.69) is 9.97 Å². The van der Waals surface area contributed by atoms with Crippen LogP contribution in [0.1, 0.15) is 37.7 Å². The molecule has 2 fully saturated rings. The van der Waals surface area contributed by atoms with Crippen LogP contribution < -0.4 is 16.0 Å². The number of nitrogens with one attached hydrogen (secondary N) is 1. The number of carbonyl (C=O) groups excluding carboxylic acids is 3. The Morgan fingerprint density at radius 1 is 1.22 bits per heavy atom. The Bertz CT molecular complexity index is 1140. The highest BCUT2D eigenvalue weighted by Gasteiger charge is 2.56. The van der Waals surface area contributed by atoms with E-state index in [0.717, 1.165) is 6.42 Å². The van der Waals surface area contributed by atoms with Gasteiger partial charge in [-0.25, -0.2) is 9.78 Å². The largest absolute Gasteiger partial charge is 0.408 e. The van der Waals surface area contributed by atoms with Crippen molar-refractivity contribution in [2.45, 2.75) is 56.8 Å². The van der Waals surface area contributed by atoms with Crippen LogP contribution in [-0.2, 0) is 16.0 Å². The lowest BCUT2D eigenvalue weighted by Gasteiger charge is -2.46. The van der Waals surface area contributed by atoms with Crippen molar-refractivity contribution in [1.82, 2.24) is 20.2 Å². The summed E-state index contributed by atoms with van der Waals surface area (Å²) in [5.41, 5.74) is 6.76. The van der Waals surface area contributed by atoms with Crippen LogP contribution in [0.25, 0.3) is 0 Å². The molecule has 2 aromatic rings. The summed E-state index contributed by atoms with van der Waals surface area (Å²) in [6.45, 7) is 0. The number of urea groups is 1. The molecule has 3 heterocycles. The van der Waals surface area contributed by atoms with E-state index in [1.54, 1.807) is 24.3 Å². The van der Waals surface area contributed by atoms with E-state index in [1.807, 2.05) is 5.32 Å². The molecular weight excluding hydrogens is 489 g/mol. The molecule has 0 spiro atoms. The molecule has 0 radical (unpaired) electrons. The van der Waals surface area contributed by atoms with Gasteiger partial charge in [0.1, 0.15) is 17.9 Å². The van der Waals surface area contributed by atoms with Crippen LogP contribution in [0.5, 0.6) is 0 Å². The zero-order valence-electron chi connectivity index (χ0n) is 20.3. The number of halogens is 3. The molecule has 1 aliphatic heterocycles. The summed E-state index contributed by atoms with van der Waals surface area (Å²) in [6, 6.07) is 1.79. The minimum absolute atomic E-state index is 0.0674. The third-order valence-electron chi connectivity index (χ3n) is 7.10. The predicted molar refractivity (Wildman–Crippen MR) is 129 cm³/mol. The quantitative estimate of drug-likeness (QED) is 0.566. The summed E-state index contributed by atoms with van der Waals surface area (Å²) in [5.74, 6) is -2.86. The number of hydrogen-bond donors (Lipinski definition) is 2. The summed E-state index contributed by atoms with van der Waals surface area (Å²) >= 11 is 0. The van der Waals surface area contributed by atoms with Gasteiger partial charge in [-0.15, -0.1) is 0 Å². The van der Waals surface area contributed by atoms with Gasteiger partial charge in [-0.2, -0.15) is 13.2 Å². The first-order chi connectivity index (χ1) is 17.6. The van der Waals surface area contributed by atoms with Crippen LogP contribution in [0.3, 0.4) is 0 Å². The second-order valence-corrected chi connectivity index (χ2v) is 9.53. The summed E-state index contributed by atoms with van der Waals surface area (Å²) in [7, 11) is 1.46. The molecule has 0 bridgehead atoms. The number of pyridine rings is 2. The number of nitrogens with zero attached hydrogens (tertiary/aromatic N) is 4. The Morgan fingerprint density at radius 3 is 2.57 bits per heavy atom. The van der Waals surface area contributed by atoms with E-state index in [-0.39, 0.29) is 12.2 Å². The number of imide groups is 1. The maximum atomic E-state index is 13.9. The van der Waals surface area contributed by atoms with Gasteiger partial charge in [-0.05, 0) is 55.0 Å². The molecule has 1 saturated carbocycles. The highest BCUT2D eigenvalue weighted by atomic mass is 19.4. The fourth-order valence-electron chi connectivity index (χ4n) is 5.15. The number of β-lactam (4-membered cyclic amide) rings is 1. The molecule has 198 valence electrons. The van der Waals surface area contributed by atoms with Crippen LogP contribution in [0.4, 0.5) is 29.5 Å². The second kappa shape index (κ2) is 10.7. The number of alkyl halides is 3. The minimum Gasteiger partial charge on any atom is -0.384 e. The number of nitrogens with two attached hydrogens (primary N) is 1. The van der Waals surface area contributed by atoms with Crippen LogP contribution in [-0.4, -0.2) is 58.0 Å². The molecule has 2 aromatic heterocycles. The molecule has 2 aliphatic rings. The molecule has 4 amide bonds. The fraction of sp³-hybridized carbons (Fsp3) is 0.480. The van der Waals surface area contributed by atoms with Crippen molar-refractivity contribution in [3.8, 4) is 0 Å². The Labute approximate surface area is 212 Å². The number of hydrogen-bond acceptors (Lipinski definition) is 6. The van der Waals surface area contributed by atoms with E-state index >= 15 is 0 Å². The number of carbonyl (C=O) groups is 3. The average Bonchev–Trinajstić information content (AvgIpc) is 2.88. The number of aromatic nitrogens is 2. The Kier molecular flexibility index (Phi) is 7.65. The number of likely N-dealkylation sites (N-methyl/N-ethyl adjacent to an activating group) is 1. The lowest BCUT2D eigenvalue weighted by Crippen LogP contribution is -2.71. The van der Waals surface area contributed by atoms with Gasteiger partial charge in [0.2, 0.25) is 5.91 Å². The number of amides is 4. The molecule has 1 saturated heterocycles. The van der Waals surface area contributed by atoms with Crippen LogP contribution in [0.15, 0.2) is 42.9 Å². The highest BCUT2D eigenvalue weighted by molar-refractivity contribution is 6.12. The number of likely N-dealkylation sites (tertiary alicyclic amines) is 1. The molecule has 3 N–H and O–H groups in total. The molecule has 0 aromatic carbocycles. The maximum absolute atomic E-state index is 13.9. The summed E-state index contributed by atoms with van der Waals surface area (Å²) < 4.78 is 41.8. The standard InChI is InChI=1S/C25H29F3N6O3/c1-33(17-8-5-10-30-14-17)23(36)20-18(12-15-9-11-31-19(29)13-15)22(35)34(20)24(37)32-21(25(26,27)28)16-6-3-2-4-7-16/h5,8-11,13-14,16,18,20-21H,2-4,6-7,12H2,1H3,(H2,29,31)(H,32,37)/t18-,20+,21+/m1/s1. The second-order valence-electron chi connectivity index (χ2n) is 9.53. The lowest BCUT2D eigenvalue weighted by molar-refractivity contribution is -0.170. The minimum atomic E-state index is -4.69. The number of rotatable bonds is 6. The average molecular weight is 519 g/mol. The smallest absolute Gasteiger partial charge is 0.384 e. The van der Waals surface area contributed by atoms with E-state index in [0.29, 0.717) is 41.8 Å². The predicted octanol–water partition coefficient (Wildman–Crippen LogP) is 3.31. The summed E-state index contributed by atoms with van der Waals surface area (Å²) in [4.78, 5) is 49.5. The van der Waals surface area contributed by atoms with E-state index in [1.165, 1.54) is 30.5 Å². The van der Waals surface area contributed by atoms with Crippen molar-refractivity contribution >= 4 is 29.4 Å². The van der Waals surface area contributed by atoms with Gasteiger partial charge in [0.15, 0.2) is 0 Å². The molecule has 9 nitrogen and oxygen atoms in total. The van der Waals surface area contributed by atoms with Gasteiger partial charge in [-0.3, -0.25) is 19.5 Å². The van der Waals surface area contributed by atoms with Gasteiger partial charge in [-0.1, -0.05) is 19.3 Å². The van der Waals surface area contributed by atoms with Crippen molar-refractivity contribution in [3.05, 3.63) is 48.4 Å². The van der Waals surface area contributed by atoms with Crippen molar-refractivity contribution in [3.63, 3.8) is 0 Å². The molecule has 4 rings (SSSR count). The monoisotopic (exact) mass is 518 g/mol. The normalized spacial score (nSPS) is 21.2. The molecular formula is C25H29F3N6O3. The van der Waals surface area contributed by atoms with Gasteiger partial charge in [0.05, 0.1) is 17.8 Å². The van der Waals surface area contributed by atoms with Crippen molar-refractivity contribution < 1.29 is 27.6 Å². The first-order valence-electron chi connectivity index (χ1n) is 12.2. The maximum Gasteiger partial charge on any atom is 0.408 e. The molecule has 0 unspecified atom stereocenters. The first kappa shape index (κ1) is 26.4. The topological polar surface area (TPSA) is 122 Å². The molecule has 12 heteroatoms. The zero-order valence-corrected chi connectivity index (χ0v) is 20.3. The summed E-state index contributed by atoms with van der Waals surface area (Å²) in [5, 5.41) is 2.04. The lowest BCUT2D eigenvalue weighted by atomic mass is 9.81. The van der Waals surface area contributed by atoms with Gasteiger partial charge >= 0.3 is 12.2 Å². The van der Waals surface area contributed by atoms with Crippen LogP contribution in [0.2, 0.25) is 0 Å². The van der Waals surface area contributed by atoms with E-state index < -0.39 is 47.9 Å². The zero-order chi connectivity index (χ0) is 26.7. The SMILES string of the molecule is CN(C(=O)[C@@H]1[C@@H](Cc2ccnc(N)c2)C(=O)N1C(=O)N[C@@H](C1CCCCC1)C(F)(F)F)c1cccnc1. The van der Waals surface area contributed by atoms with Crippen molar-refractivity contribution in [2.75, 3.05) is 17.7 Å². The highest BCUT2D eigenvalue weighted by Crippen LogP contribution is 2.37. The summed E-state index contributed by atoms with van der Waals surface area (Å²) in [6.07, 6.45) is 2.58. The van der Waals surface area contributed by atoms with Crippen molar-refractivity contribution in [1.29, 1.82) is 0 Å². The fourth-order valence-corrected chi connectivity index (χ4v) is 5.15. The van der Waals surface area contributed by atoms with Crippen molar-refractivity contribution in [2.24, 2.45) is 11.8 Å². The first-order valence-corrected chi connectivity index (χ1v) is 12.2. The number of nitrogen functional groups attached to an aromatic ring is 1. The third-order valence-corrected chi connectivity index (χ3v) is 7.10. The van der Waals surface area contributed by atoms with E-state index in [4.69, 9.17) is 5.73 Å². The Hall–Kier alpha value is -3.70. The Morgan fingerprint density at radius 2 is 1.95 bits per heavy atom. The van der Waals surface area contributed by atoms with Gasteiger partial charge in [0.25, 0.3) is 5.91 Å². The van der Waals surface area contributed by atoms with Gasteiger partial charge < -0.3 is 16.0 Å². The third kappa shape index (κ3) is 5.67.